The van der Waals surface area contributed by atoms with Crippen LogP contribution in [-0.4, -0.2) is 6.04 Å². The highest BCUT2D eigenvalue weighted by atomic mass is 14.6. The molecule has 1 saturated carbocycles. The smallest absolute Gasteiger partial charge is 0.00414 e. The second kappa shape index (κ2) is 10.8. The molecule has 18 heavy (non-hydrogen) atoms. The van der Waals surface area contributed by atoms with Crippen molar-refractivity contribution in [3.05, 3.63) is 0 Å². The van der Waals surface area contributed by atoms with Gasteiger partial charge in [-0.2, -0.15) is 0 Å². The summed E-state index contributed by atoms with van der Waals surface area (Å²) in [5.41, 5.74) is 6.18. The van der Waals surface area contributed by atoms with Gasteiger partial charge in [0, 0.05) is 6.04 Å². The van der Waals surface area contributed by atoms with Crippen molar-refractivity contribution in [2.75, 3.05) is 0 Å². The van der Waals surface area contributed by atoms with Crippen LogP contribution in [0.3, 0.4) is 0 Å². The Bertz CT molecular complexity index is 174. The maximum Gasteiger partial charge on any atom is 0.00414 e. The van der Waals surface area contributed by atoms with Crippen LogP contribution in [0.15, 0.2) is 0 Å². The van der Waals surface area contributed by atoms with Gasteiger partial charge in [0.25, 0.3) is 0 Å². The first-order valence-electron chi connectivity index (χ1n) is 8.58. The van der Waals surface area contributed by atoms with Crippen LogP contribution in [0.2, 0.25) is 0 Å². The fourth-order valence-corrected chi connectivity index (χ4v) is 2.99. The van der Waals surface area contributed by atoms with Crippen LogP contribution in [0, 0.1) is 5.92 Å². The molecule has 0 bridgehead atoms. The molecule has 108 valence electrons. The fourth-order valence-electron chi connectivity index (χ4n) is 2.99. The third-order valence-corrected chi connectivity index (χ3v) is 4.54. The predicted molar refractivity (Wildman–Crippen MR) is 81.8 cm³/mol. The lowest BCUT2D eigenvalue weighted by atomic mass is 9.80. The van der Waals surface area contributed by atoms with Gasteiger partial charge in [0.05, 0.1) is 0 Å². The molecule has 0 heterocycles. The number of hydrogen-bond acceptors (Lipinski definition) is 1. The van der Waals surface area contributed by atoms with Gasteiger partial charge in [-0.3, -0.25) is 0 Å². The van der Waals surface area contributed by atoms with Crippen LogP contribution in [0.25, 0.3) is 0 Å². The molecular formula is C17H35N. The molecule has 0 aliphatic heterocycles. The van der Waals surface area contributed by atoms with E-state index in [0.29, 0.717) is 6.04 Å². The Morgan fingerprint density at radius 1 is 0.889 bits per heavy atom. The molecule has 1 heteroatoms. The summed E-state index contributed by atoms with van der Waals surface area (Å²) in [5.74, 6) is 0.985. The minimum Gasteiger partial charge on any atom is -0.328 e. The third-order valence-electron chi connectivity index (χ3n) is 4.54. The first-order chi connectivity index (χ1) is 8.83. The third kappa shape index (κ3) is 8.13. The van der Waals surface area contributed by atoms with Gasteiger partial charge in [0.2, 0.25) is 0 Å². The Kier molecular flexibility index (Phi) is 9.65. The van der Waals surface area contributed by atoms with E-state index < -0.39 is 0 Å². The van der Waals surface area contributed by atoms with Gasteiger partial charge in [-0.25, -0.2) is 0 Å². The molecule has 1 nitrogen and oxygen atoms in total. The van der Waals surface area contributed by atoms with Crippen molar-refractivity contribution in [2.24, 2.45) is 11.7 Å². The Morgan fingerprint density at radius 2 is 1.44 bits per heavy atom. The second-order valence-electron chi connectivity index (χ2n) is 6.41. The average molecular weight is 253 g/mol. The van der Waals surface area contributed by atoms with E-state index in [9.17, 15) is 0 Å². The van der Waals surface area contributed by atoms with Gasteiger partial charge in [-0.05, 0) is 18.8 Å². The van der Waals surface area contributed by atoms with Gasteiger partial charge < -0.3 is 5.73 Å². The molecular weight excluding hydrogens is 218 g/mol. The molecule has 1 fully saturated rings. The molecule has 1 aliphatic carbocycles. The molecule has 0 spiro atoms. The quantitative estimate of drug-likeness (QED) is 0.461. The SMILES string of the molecule is CCCCCCCCCCCC(N)CC1CCC1. The van der Waals surface area contributed by atoms with Gasteiger partial charge in [0.15, 0.2) is 0 Å². The molecule has 1 aliphatic rings. The average Bonchev–Trinajstić information content (AvgIpc) is 2.32. The number of unbranched alkanes of at least 4 members (excludes halogenated alkanes) is 8. The van der Waals surface area contributed by atoms with Crippen LogP contribution in [0.4, 0.5) is 0 Å². The zero-order valence-corrected chi connectivity index (χ0v) is 12.6. The van der Waals surface area contributed by atoms with Crippen LogP contribution < -0.4 is 5.73 Å². The van der Waals surface area contributed by atoms with Gasteiger partial charge in [-0.1, -0.05) is 84.0 Å². The summed E-state index contributed by atoms with van der Waals surface area (Å²) in [6.45, 7) is 2.28. The Labute approximate surface area is 115 Å². The predicted octanol–water partition coefficient (Wildman–Crippen LogP) is 5.42. The molecule has 0 aromatic rings. The summed E-state index contributed by atoms with van der Waals surface area (Å²) in [5, 5.41) is 0. The summed E-state index contributed by atoms with van der Waals surface area (Å²) >= 11 is 0. The highest BCUT2D eigenvalue weighted by molar-refractivity contribution is 4.75. The van der Waals surface area contributed by atoms with E-state index >= 15 is 0 Å². The summed E-state index contributed by atoms with van der Waals surface area (Å²) in [7, 11) is 0. The van der Waals surface area contributed by atoms with Crippen molar-refractivity contribution in [1.29, 1.82) is 0 Å². The van der Waals surface area contributed by atoms with Crippen LogP contribution >= 0.6 is 0 Å². The van der Waals surface area contributed by atoms with E-state index in [1.807, 2.05) is 0 Å². The maximum absolute atomic E-state index is 6.18. The van der Waals surface area contributed by atoms with E-state index in [0.717, 1.165) is 5.92 Å². The lowest BCUT2D eigenvalue weighted by Gasteiger charge is -2.28. The van der Waals surface area contributed by atoms with E-state index in [4.69, 9.17) is 5.73 Å². The largest absolute Gasteiger partial charge is 0.328 e. The molecule has 1 rings (SSSR count). The van der Waals surface area contributed by atoms with Crippen molar-refractivity contribution < 1.29 is 0 Å². The Hall–Kier alpha value is -0.0400. The maximum atomic E-state index is 6.18. The zero-order chi connectivity index (χ0) is 13.1. The van der Waals surface area contributed by atoms with Crippen LogP contribution in [-0.2, 0) is 0 Å². The van der Waals surface area contributed by atoms with E-state index in [1.165, 1.54) is 89.9 Å². The van der Waals surface area contributed by atoms with Crippen LogP contribution in [0.5, 0.6) is 0 Å². The van der Waals surface area contributed by atoms with Crippen molar-refractivity contribution in [3.8, 4) is 0 Å². The molecule has 0 radical (unpaired) electrons. The summed E-state index contributed by atoms with van der Waals surface area (Å²) in [6, 6.07) is 0.500. The Morgan fingerprint density at radius 3 is 1.94 bits per heavy atom. The zero-order valence-electron chi connectivity index (χ0n) is 12.6. The lowest BCUT2D eigenvalue weighted by molar-refractivity contribution is 0.270. The normalized spacial score (nSPS) is 17.7. The molecule has 1 atom stereocenters. The first kappa shape index (κ1) is 16.0. The fraction of sp³-hybridized carbons (Fsp3) is 1.00. The standard InChI is InChI=1S/C17H35N/c1-2-3-4-5-6-7-8-9-10-14-17(18)15-16-12-11-13-16/h16-17H,2-15,18H2,1H3. The molecule has 2 N–H and O–H groups in total. The van der Waals surface area contributed by atoms with Crippen LogP contribution in [0.1, 0.15) is 96.8 Å². The van der Waals surface area contributed by atoms with Gasteiger partial charge in [-0.15, -0.1) is 0 Å². The summed E-state index contributed by atoms with van der Waals surface area (Å²) < 4.78 is 0. The molecule has 0 amide bonds. The van der Waals surface area contributed by atoms with Crippen molar-refractivity contribution >= 4 is 0 Å². The monoisotopic (exact) mass is 253 g/mol. The summed E-state index contributed by atoms with van der Waals surface area (Å²) in [6.07, 6.45) is 19.7. The van der Waals surface area contributed by atoms with Crippen molar-refractivity contribution in [3.63, 3.8) is 0 Å². The first-order valence-corrected chi connectivity index (χ1v) is 8.58. The minimum absolute atomic E-state index is 0.500. The lowest BCUT2D eigenvalue weighted by Crippen LogP contribution is -2.26. The molecule has 0 aromatic carbocycles. The Balaban J connectivity index is 1.74. The van der Waals surface area contributed by atoms with Crippen molar-refractivity contribution in [1.82, 2.24) is 0 Å². The molecule has 0 aromatic heterocycles. The minimum atomic E-state index is 0.500. The highest BCUT2D eigenvalue weighted by Crippen LogP contribution is 2.30. The summed E-state index contributed by atoms with van der Waals surface area (Å²) in [4.78, 5) is 0. The van der Waals surface area contributed by atoms with E-state index in [-0.39, 0.29) is 0 Å². The number of nitrogens with two attached hydrogens (primary N) is 1. The topological polar surface area (TPSA) is 26.0 Å². The molecule has 1 unspecified atom stereocenters. The highest BCUT2D eigenvalue weighted by Gasteiger charge is 2.19. The second-order valence-corrected chi connectivity index (χ2v) is 6.41. The van der Waals surface area contributed by atoms with Crippen molar-refractivity contribution in [2.45, 2.75) is 103 Å². The van der Waals surface area contributed by atoms with Gasteiger partial charge in [0.1, 0.15) is 0 Å². The number of rotatable bonds is 12. The van der Waals surface area contributed by atoms with E-state index in [1.54, 1.807) is 0 Å². The van der Waals surface area contributed by atoms with Gasteiger partial charge >= 0.3 is 0 Å². The number of hydrogen-bond donors (Lipinski definition) is 1. The van der Waals surface area contributed by atoms with E-state index in [2.05, 4.69) is 6.92 Å². The molecule has 0 saturated heterocycles.